The Labute approximate surface area is 169 Å². The molecular weight excluding hydrogens is 390 g/mol. The average molecular weight is 414 g/mol. The van der Waals surface area contributed by atoms with E-state index in [2.05, 4.69) is 16.4 Å². The molecule has 29 heavy (non-hydrogen) atoms. The van der Waals surface area contributed by atoms with Gasteiger partial charge in [0.05, 0.1) is 17.0 Å². The van der Waals surface area contributed by atoms with Gasteiger partial charge in [-0.2, -0.15) is 0 Å². The van der Waals surface area contributed by atoms with Crippen molar-refractivity contribution in [3.05, 3.63) is 48.0 Å². The molecule has 0 N–H and O–H groups in total. The topological polar surface area (TPSA) is 88.4 Å². The Bertz CT molecular complexity index is 1170. The number of anilines is 1. The summed E-state index contributed by atoms with van der Waals surface area (Å²) in [6.07, 6.45) is 2.24. The number of carbonyl (C=O) groups is 1. The molecule has 8 nitrogen and oxygen atoms in total. The highest BCUT2D eigenvalue weighted by Crippen LogP contribution is 2.27. The molecule has 0 saturated carbocycles. The number of carbonyl (C=O) groups excluding carboxylic acids is 1. The maximum Gasteiger partial charge on any atom is 0.242 e. The minimum atomic E-state index is -3.53. The lowest BCUT2D eigenvalue weighted by Gasteiger charge is -2.29. The van der Waals surface area contributed by atoms with Gasteiger partial charge in [-0.25, -0.2) is 17.4 Å². The van der Waals surface area contributed by atoms with Gasteiger partial charge in [-0.3, -0.25) is 4.79 Å². The highest BCUT2D eigenvalue weighted by atomic mass is 32.2. The summed E-state index contributed by atoms with van der Waals surface area (Å²) in [4.78, 5) is 14.8. The number of fused-ring (bicyclic) bond motifs is 2. The molecule has 1 aromatic heterocycles. The molecule has 1 aliphatic rings. The van der Waals surface area contributed by atoms with E-state index in [-0.39, 0.29) is 10.8 Å². The lowest BCUT2D eigenvalue weighted by molar-refractivity contribution is -0.118. The Kier molecular flexibility index (Phi) is 5.10. The van der Waals surface area contributed by atoms with E-state index in [1.54, 1.807) is 16.8 Å². The number of benzene rings is 2. The molecule has 3 aromatic rings. The maximum atomic E-state index is 12.8. The van der Waals surface area contributed by atoms with E-state index in [0.717, 1.165) is 29.4 Å². The second-order valence-electron chi connectivity index (χ2n) is 7.28. The van der Waals surface area contributed by atoms with Crippen LogP contribution in [0.25, 0.3) is 11.0 Å². The highest BCUT2D eigenvalue weighted by molar-refractivity contribution is 7.89. The largest absolute Gasteiger partial charge is 0.312 e. The van der Waals surface area contributed by atoms with Crippen LogP contribution >= 0.6 is 0 Å². The molecule has 0 radical (unpaired) electrons. The predicted molar refractivity (Wildman–Crippen MR) is 110 cm³/mol. The van der Waals surface area contributed by atoms with Crippen LogP contribution in [0.15, 0.2) is 47.4 Å². The van der Waals surface area contributed by atoms with Gasteiger partial charge in [-0.15, -0.1) is 5.10 Å². The van der Waals surface area contributed by atoms with E-state index in [9.17, 15) is 13.2 Å². The van der Waals surface area contributed by atoms with Crippen LogP contribution in [-0.2, 0) is 27.8 Å². The minimum absolute atomic E-state index is 0.0487. The van der Waals surface area contributed by atoms with Crippen LogP contribution in [0.3, 0.4) is 0 Å². The smallest absolute Gasteiger partial charge is 0.242 e. The Morgan fingerprint density at radius 1 is 1.17 bits per heavy atom. The standard InChI is InChI=1S/C20H23N5O3S/c1-23(2)29(27,28)16-9-10-19-17(14-16)21-22-25(19)13-11-20(26)24-12-5-7-15-6-3-4-8-18(15)24/h3-4,6,8-10,14H,5,7,11-13H2,1-2H3. The van der Waals surface area contributed by atoms with Crippen LogP contribution in [0.5, 0.6) is 0 Å². The number of hydrogen-bond donors (Lipinski definition) is 0. The molecule has 4 rings (SSSR count). The van der Waals surface area contributed by atoms with Gasteiger partial charge in [-0.05, 0) is 42.7 Å². The van der Waals surface area contributed by atoms with E-state index in [1.165, 1.54) is 25.7 Å². The van der Waals surface area contributed by atoms with Crippen LogP contribution in [-0.4, -0.2) is 54.3 Å². The van der Waals surface area contributed by atoms with Crippen molar-refractivity contribution in [3.63, 3.8) is 0 Å². The van der Waals surface area contributed by atoms with E-state index < -0.39 is 10.0 Å². The number of nitrogens with zero attached hydrogens (tertiary/aromatic N) is 5. The first-order valence-corrected chi connectivity index (χ1v) is 11.0. The van der Waals surface area contributed by atoms with Gasteiger partial charge < -0.3 is 4.90 Å². The molecule has 2 aromatic carbocycles. The van der Waals surface area contributed by atoms with Crippen LogP contribution < -0.4 is 4.90 Å². The summed E-state index contributed by atoms with van der Waals surface area (Å²) < 4.78 is 27.4. The zero-order valence-electron chi connectivity index (χ0n) is 16.4. The summed E-state index contributed by atoms with van der Waals surface area (Å²) in [6.45, 7) is 1.10. The number of para-hydroxylation sites is 1. The second-order valence-corrected chi connectivity index (χ2v) is 9.43. The summed E-state index contributed by atoms with van der Waals surface area (Å²) in [5.41, 5.74) is 3.39. The van der Waals surface area contributed by atoms with Gasteiger partial charge in [0.25, 0.3) is 0 Å². The Balaban J connectivity index is 1.52. The van der Waals surface area contributed by atoms with Crippen LogP contribution in [0.4, 0.5) is 5.69 Å². The molecule has 0 aliphatic carbocycles. The first kappa shape index (κ1) is 19.5. The molecular formula is C20H23N5O3S. The Hall–Kier alpha value is -2.78. The number of hydrogen-bond acceptors (Lipinski definition) is 5. The van der Waals surface area contributed by atoms with Crippen molar-refractivity contribution in [2.75, 3.05) is 25.5 Å². The van der Waals surface area contributed by atoms with Gasteiger partial charge in [0.1, 0.15) is 5.52 Å². The summed E-state index contributed by atoms with van der Waals surface area (Å²) in [5.74, 6) is 0.0487. The van der Waals surface area contributed by atoms with E-state index in [4.69, 9.17) is 0 Å². The lowest BCUT2D eigenvalue weighted by atomic mass is 10.0. The normalized spacial score (nSPS) is 14.4. The zero-order valence-corrected chi connectivity index (χ0v) is 17.3. The third-order valence-electron chi connectivity index (χ3n) is 5.21. The third-order valence-corrected chi connectivity index (χ3v) is 7.02. The molecule has 0 unspecified atom stereocenters. The molecule has 0 saturated heterocycles. The van der Waals surface area contributed by atoms with Crippen LogP contribution in [0.1, 0.15) is 18.4 Å². The first-order chi connectivity index (χ1) is 13.9. The number of rotatable bonds is 5. The van der Waals surface area contributed by atoms with Gasteiger partial charge in [-0.1, -0.05) is 23.4 Å². The van der Waals surface area contributed by atoms with Gasteiger partial charge in [0, 0.05) is 32.7 Å². The molecule has 1 amide bonds. The van der Waals surface area contributed by atoms with E-state index in [0.29, 0.717) is 24.0 Å². The van der Waals surface area contributed by atoms with Crippen molar-refractivity contribution in [3.8, 4) is 0 Å². The van der Waals surface area contributed by atoms with Crippen LogP contribution in [0.2, 0.25) is 0 Å². The third kappa shape index (κ3) is 3.63. The summed E-state index contributed by atoms with van der Waals surface area (Å²) in [7, 11) is -0.559. The quantitative estimate of drug-likeness (QED) is 0.639. The second kappa shape index (κ2) is 7.57. The molecule has 0 spiro atoms. The van der Waals surface area contributed by atoms with Gasteiger partial charge in [0.2, 0.25) is 15.9 Å². The molecule has 2 heterocycles. The summed E-state index contributed by atoms with van der Waals surface area (Å²) >= 11 is 0. The lowest BCUT2D eigenvalue weighted by Crippen LogP contribution is -2.35. The summed E-state index contributed by atoms with van der Waals surface area (Å²) in [5, 5.41) is 8.20. The van der Waals surface area contributed by atoms with Crippen molar-refractivity contribution in [1.82, 2.24) is 19.3 Å². The molecule has 0 atom stereocenters. The fourth-order valence-corrected chi connectivity index (χ4v) is 4.54. The van der Waals surface area contributed by atoms with Crippen molar-refractivity contribution >= 4 is 32.7 Å². The first-order valence-electron chi connectivity index (χ1n) is 9.52. The van der Waals surface area contributed by atoms with Crippen molar-refractivity contribution in [2.24, 2.45) is 0 Å². The number of amides is 1. The highest BCUT2D eigenvalue weighted by Gasteiger charge is 2.23. The molecule has 0 bridgehead atoms. The fraction of sp³-hybridized carbons (Fsp3) is 0.350. The Morgan fingerprint density at radius 3 is 2.76 bits per heavy atom. The van der Waals surface area contributed by atoms with Crippen molar-refractivity contribution in [1.29, 1.82) is 0 Å². The van der Waals surface area contributed by atoms with Crippen molar-refractivity contribution < 1.29 is 13.2 Å². The summed E-state index contributed by atoms with van der Waals surface area (Å²) in [6, 6.07) is 12.8. The zero-order chi connectivity index (χ0) is 20.6. The monoisotopic (exact) mass is 413 g/mol. The van der Waals surface area contributed by atoms with E-state index >= 15 is 0 Å². The van der Waals surface area contributed by atoms with E-state index in [1.807, 2.05) is 23.1 Å². The fourth-order valence-electron chi connectivity index (χ4n) is 3.62. The molecule has 9 heteroatoms. The molecule has 1 aliphatic heterocycles. The molecule has 152 valence electrons. The van der Waals surface area contributed by atoms with Gasteiger partial charge in [0.15, 0.2) is 0 Å². The van der Waals surface area contributed by atoms with Crippen molar-refractivity contribution in [2.45, 2.75) is 30.7 Å². The number of aryl methyl sites for hydroxylation is 2. The van der Waals surface area contributed by atoms with Crippen LogP contribution in [0, 0.1) is 0 Å². The maximum absolute atomic E-state index is 12.8. The Morgan fingerprint density at radius 2 is 1.97 bits per heavy atom. The number of aromatic nitrogens is 3. The SMILES string of the molecule is CN(C)S(=O)(=O)c1ccc2c(c1)nnn2CCC(=O)N1CCCc2ccccc21. The minimum Gasteiger partial charge on any atom is -0.312 e. The molecule has 0 fully saturated rings. The predicted octanol–water partition coefficient (Wildman–Crippen LogP) is 2.05. The van der Waals surface area contributed by atoms with Gasteiger partial charge >= 0.3 is 0 Å². The average Bonchev–Trinajstić information content (AvgIpc) is 3.13. The number of sulfonamides is 1.